The first kappa shape index (κ1) is 22.6. The number of ether oxygens (including phenoxy) is 1. The maximum Gasteiger partial charge on any atom is 0.274 e. The molecule has 3 N–H and O–H groups in total. The second-order valence-electron chi connectivity index (χ2n) is 7.62. The van der Waals surface area contributed by atoms with Crippen molar-refractivity contribution in [3.63, 3.8) is 0 Å². The van der Waals surface area contributed by atoms with Crippen molar-refractivity contribution in [2.75, 3.05) is 18.5 Å². The Labute approximate surface area is 205 Å². The Kier molecular flexibility index (Phi) is 6.69. The molecule has 5 rings (SSSR count). The van der Waals surface area contributed by atoms with E-state index in [-0.39, 0.29) is 11.6 Å². The fourth-order valence-electron chi connectivity index (χ4n) is 3.44. The predicted molar refractivity (Wildman–Crippen MR) is 137 cm³/mol. The molecular weight excluding hydrogens is 460 g/mol. The number of carbonyl (C=O) groups is 1. The average molecular weight is 483 g/mol. The van der Waals surface area contributed by atoms with E-state index in [1.165, 1.54) is 11.3 Å². The molecule has 0 bridgehead atoms. The number of para-hydroxylation sites is 1. The summed E-state index contributed by atoms with van der Waals surface area (Å²) in [4.78, 5) is 32.2. The van der Waals surface area contributed by atoms with Gasteiger partial charge in [0, 0.05) is 23.4 Å². The molecule has 0 aliphatic heterocycles. The molecular formula is C26H22N6O2S. The van der Waals surface area contributed by atoms with Crippen LogP contribution in [0.25, 0.3) is 32.3 Å². The summed E-state index contributed by atoms with van der Waals surface area (Å²) in [6, 6.07) is 22.3. The Morgan fingerprint density at radius 1 is 0.971 bits per heavy atom. The molecule has 174 valence electrons. The fraction of sp³-hybridized carbons (Fsp3) is 0.115. The molecule has 0 unspecified atom stereocenters. The Hall–Kier alpha value is -4.21. The molecule has 0 aliphatic carbocycles. The van der Waals surface area contributed by atoms with Crippen LogP contribution in [0.5, 0.6) is 5.88 Å². The number of aromatic nitrogens is 4. The zero-order valence-corrected chi connectivity index (χ0v) is 19.5. The highest BCUT2D eigenvalue weighted by atomic mass is 32.1. The van der Waals surface area contributed by atoms with Gasteiger partial charge in [-0.15, -0.1) is 0 Å². The van der Waals surface area contributed by atoms with E-state index in [9.17, 15) is 4.79 Å². The first-order valence-corrected chi connectivity index (χ1v) is 11.9. The van der Waals surface area contributed by atoms with Crippen molar-refractivity contribution in [1.29, 1.82) is 0 Å². The van der Waals surface area contributed by atoms with E-state index >= 15 is 0 Å². The van der Waals surface area contributed by atoms with Gasteiger partial charge in [-0.05, 0) is 37.2 Å². The van der Waals surface area contributed by atoms with Crippen LogP contribution < -0.4 is 15.8 Å². The number of benzene rings is 2. The van der Waals surface area contributed by atoms with Crippen LogP contribution in [0.1, 0.15) is 16.9 Å². The number of hydrogen-bond donors (Lipinski definition) is 2. The van der Waals surface area contributed by atoms with Crippen LogP contribution in [0.3, 0.4) is 0 Å². The lowest BCUT2D eigenvalue weighted by Crippen LogP contribution is -2.16. The van der Waals surface area contributed by atoms with Gasteiger partial charge < -0.3 is 15.8 Å². The van der Waals surface area contributed by atoms with Crippen molar-refractivity contribution < 1.29 is 9.53 Å². The zero-order valence-electron chi connectivity index (χ0n) is 18.7. The number of nitrogens with two attached hydrogens (primary N) is 1. The van der Waals surface area contributed by atoms with Crippen molar-refractivity contribution in [2.24, 2.45) is 5.73 Å². The molecule has 1 amide bonds. The molecule has 0 aliphatic rings. The third kappa shape index (κ3) is 5.16. The van der Waals surface area contributed by atoms with E-state index in [1.54, 1.807) is 12.3 Å². The van der Waals surface area contributed by atoms with Gasteiger partial charge >= 0.3 is 0 Å². The molecule has 5 aromatic rings. The summed E-state index contributed by atoms with van der Waals surface area (Å²) in [6.07, 6.45) is 2.42. The van der Waals surface area contributed by atoms with Crippen LogP contribution in [0.2, 0.25) is 0 Å². The van der Waals surface area contributed by atoms with Gasteiger partial charge in [-0.2, -0.15) is 4.98 Å². The molecule has 9 heteroatoms. The first-order chi connectivity index (χ1) is 17.2. The smallest absolute Gasteiger partial charge is 0.274 e. The molecule has 0 atom stereocenters. The number of nitrogens with zero attached hydrogens (tertiary/aromatic N) is 4. The van der Waals surface area contributed by atoms with E-state index in [4.69, 9.17) is 10.5 Å². The van der Waals surface area contributed by atoms with Crippen LogP contribution in [0, 0.1) is 0 Å². The number of pyridine rings is 1. The number of nitrogens with one attached hydrogen (secondary N) is 1. The number of fused-ring (bicyclic) bond motifs is 1. The molecule has 0 saturated heterocycles. The standard InChI is InChI=1S/C26H22N6O2S/c27-13-7-15-34-22-16-21(29-23(32-22)17-8-2-1-3-9-17)24(33)30-19-11-5-4-10-18(19)25-31-20-12-6-14-28-26(20)35-25/h1-6,8-12,14,16H,7,13,15,27H2,(H,30,33). The summed E-state index contributed by atoms with van der Waals surface area (Å²) < 4.78 is 5.75. The summed E-state index contributed by atoms with van der Waals surface area (Å²) >= 11 is 1.47. The molecule has 3 aromatic heterocycles. The minimum Gasteiger partial charge on any atom is -0.478 e. The quantitative estimate of drug-likeness (QED) is 0.305. The number of carbonyl (C=O) groups excluding carboxylic acids is 1. The van der Waals surface area contributed by atoms with Crippen LogP contribution in [-0.4, -0.2) is 39.0 Å². The van der Waals surface area contributed by atoms with E-state index < -0.39 is 0 Å². The Morgan fingerprint density at radius 2 is 1.80 bits per heavy atom. The van der Waals surface area contributed by atoms with E-state index in [1.807, 2.05) is 66.7 Å². The van der Waals surface area contributed by atoms with Crippen molar-refractivity contribution in [2.45, 2.75) is 6.42 Å². The number of hydrogen-bond acceptors (Lipinski definition) is 8. The van der Waals surface area contributed by atoms with Gasteiger partial charge in [0.2, 0.25) is 5.88 Å². The highest BCUT2D eigenvalue weighted by Gasteiger charge is 2.17. The predicted octanol–water partition coefficient (Wildman–Crippen LogP) is 4.80. The van der Waals surface area contributed by atoms with Crippen molar-refractivity contribution in [1.82, 2.24) is 19.9 Å². The van der Waals surface area contributed by atoms with Crippen LogP contribution in [0.15, 0.2) is 79.0 Å². The minimum atomic E-state index is -0.375. The van der Waals surface area contributed by atoms with E-state index in [2.05, 4.69) is 25.3 Å². The number of anilines is 1. The molecule has 0 fully saturated rings. The van der Waals surface area contributed by atoms with Gasteiger partial charge in [-0.1, -0.05) is 53.8 Å². The molecule has 35 heavy (non-hydrogen) atoms. The third-order valence-corrected chi connectivity index (χ3v) is 6.15. The van der Waals surface area contributed by atoms with Crippen molar-refractivity contribution in [3.05, 3.63) is 84.7 Å². The molecule has 3 heterocycles. The summed E-state index contributed by atoms with van der Waals surface area (Å²) in [5.41, 5.74) is 8.81. The average Bonchev–Trinajstić information content (AvgIpc) is 3.34. The number of rotatable bonds is 8. The lowest BCUT2D eigenvalue weighted by molar-refractivity contribution is 0.102. The number of amides is 1. The van der Waals surface area contributed by atoms with Crippen molar-refractivity contribution >= 4 is 33.3 Å². The molecule has 0 spiro atoms. The maximum absolute atomic E-state index is 13.3. The summed E-state index contributed by atoms with van der Waals surface area (Å²) in [5.74, 6) is 0.356. The van der Waals surface area contributed by atoms with Gasteiger partial charge in [-0.3, -0.25) is 4.79 Å². The first-order valence-electron chi connectivity index (χ1n) is 11.1. The summed E-state index contributed by atoms with van der Waals surface area (Å²) in [7, 11) is 0. The van der Waals surface area contributed by atoms with Crippen molar-refractivity contribution in [3.8, 4) is 27.8 Å². The van der Waals surface area contributed by atoms with Crippen LogP contribution >= 0.6 is 11.3 Å². The zero-order chi connectivity index (χ0) is 24.0. The highest BCUT2D eigenvalue weighted by Crippen LogP contribution is 2.34. The summed E-state index contributed by atoms with van der Waals surface area (Å²) in [6.45, 7) is 0.902. The Bertz CT molecular complexity index is 1440. The largest absolute Gasteiger partial charge is 0.478 e. The van der Waals surface area contributed by atoms with Gasteiger partial charge in [0.1, 0.15) is 21.0 Å². The SMILES string of the molecule is NCCCOc1cc(C(=O)Nc2ccccc2-c2nc3cccnc3s2)nc(-c2ccccc2)n1. The van der Waals surface area contributed by atoms with Crippen LogP contribution in [-0.2, 0) is 0 Å². The van der Waals surface area contributed by atoms with Gasteiger partial charge in [-0.25, -0.2) is 15.0 Å². The normalized spacial score (nSPS) is 10.9. The molecule has 0 saturated carbocycles. The van der Waals surface area contributed by atoms with Gasteiger partial charge in [0.15, 0.2) is 5.82 Å². The van der Waals surface area contributed by atoms with E-state index in [0.717, 1.165) is 26.5 Å². The molecule has 0 radical (unpaired) electrons. The monoisotopic (exact) mass is 482 g/mol. The molecule has 8 nitrogen and oxygen atoms in total. The maximum atomic E-state index is 13.3. The summed E-state index contributed by atoms with van der Waals surface area (Å²) in [5, 5.41) is 3.76. The minimum absolute atomic E-state index is 0.197. The third-order valence-electron chi connectivity index (χ3n) is 5.14. The molecule has 2 aromatic carbocycles. The van der Waals surface area contributed by atoms with E-state index in [0.29, 0.717) is 37.0 Å². The second-order valence-corrected chi connectivity index (χ2v) is 8.60. The highest BCUT2D eigenvalue weighted by molar-refractivity contribution is 7.21. The van der Waals surface area contributed by atoms with Gasteiger partial charge in [0.05, 0.1) is 12.3 Å². The van der Waals surface area contributed by atoms with Crippen LogP contribution in [0.4, 0.5) is 5.69 Å². The second kappa shape index (κ2) is 10.4. The Balaban J connectivity index is 1.47. The number of thiazole rings is 1. The lowest BCUT2D eigenvalue weighted by atomic mass is 10.1. The topological polar surface area (TPSA) is 116 Å². The lowest BCUT2D eigenvalue weighted by Gasteiger charge is -2.11. The van der Waals surface area contributed by atoms with Gasteiger partial charge in [0.25, 0.3) is 5.91 Å². The Morgan fingerprint density at radius 3 is 2.63 bits per heavy atom. The fourth-order valence-corrected chi connectivity index (χ4v) is 4.39.